The average molecular weight is 417 g/mol. The lowest BCUT2D eigenvalue weighted by atomic mass is 10.2. The molecule has 0 spiro atoms. The number of carbonyl (C=O) groups is 1. The fourth-order valence-electron chi connectivity index (χ4n) is 4.05. The van der Waals surface area contributed by atoms with E-state index in [4.69, 9.17) is 4.43 Å². The number of aromatic nitrogens is 2. The summed E-state index contributed by atoms with van der Waals surface area (Å²) in [6, 6.07) is 26.2. The van der Waals surface area contributed by atoms with Gasteiger partial charge in [-0.05, 0) is 27.5 Å². The molecule has 0 aliphatic carbocycles. The van der Waals surface area contributed by atoms with E-state index in [9.17, 15) is 9.90 Å². The molecule has 0 unspecified atom stereocenters. The molecule has 3 aromatic carbocycles. The van der Waals surface area contributed by atoms with Crippen LogP contribution in [0, 0.1) is 0 Å². The summed E-state index contributed by atoms with van der Waals surface area (Å²) in [7, 11) is -2.74. The van der Waals surface area contributed by atoms with Gasteiger partial charge in [-0.25, -0.2) is 4.79 Å². The first kappa shape index (κ1) is 19.9. The highest BCUT2D eigenvalue weighted by molar-refractivity contribution is 7.00. The fourth-order valence-corrected chi connectivity index (χ4v) is 8.46. The van der Waals surface area contributed by atoms with Gasteiger partial charge in [-0.1, -0.05) is 81.4 Å². The van der Waals surface area contributed by atoms with Crippen molar-refractivity contribution in [3.8, 4) is 5.75 Å². The van der Waals surface area contributed by atoms with Gasteiger partial charge in [0.1, 0.15) is 5.75 Å². The van der Waals surface area contributed by atoms with Crippen LogP contribution < -0.4 is 14.8 Å². The maximum atomic E-state index is 11.4. The maximum Gasteiger partial charge on any atom is 0.357 e. The topological polar surface area (TPSA) is 75.2 Å². The van der Waals surface area contributed by atoms with Crippen LogP contribution in [-0.4, -0.2) is 29.6 Å². The van der Waals surface area contributed by atoms with Crippen LogP contribution in [0.5, 0.6) is 5.75 Å². The lowest BCUT2D eigenvalue weighted by molar-refractivity contribution is 0.0692. The molecule has 0 saturated carbocycles. The number of benzene rings is 3. The Hall–Kier alpha value is -3.38. The van der Waals surface area contributed by atoms with Gasteiger partial charge < -0.3 is 9.53 Å². The summed E-state index contributed by atoms with van der Waals surface area (Å²) in [5, 5.41) is 18.8. The maximum absolute atomic E-state index is 11.4. The van der Waals surface area contributed by atoms with Crippen molar-refractivity contribution in [2.75, 3.05) is 0 Å². The number of carboxylic acids is 1. The van der Waals surface area contributed by atoms with Crippen molar-refractivity contribution in [2.45, 2.75) is 25.8 Å². The molecule has 0 amide bonds. The second-order valence-electron chi connectivity index (χ2n) is 8.35. The Balaban J connectivity index is 1.91. The largest absolute Gasteiger partial charge is 0.534 e. The number of rotatable bonds is 5. The molecule has 0 fully saturated rings. The molecule has 0 aliphatic rings. The molecule has 0 saturated heterocycles. The standard InChI is InChI=1S/C24H24N2O3Si/c1-24(2,3)30(18-10-6-4-7-11-18,19-12-8-5-9-13-19)29-17-14-15-20-21(16-17)25-26-22(20)23(27)28/h4-16H,1-3H3,(H,25,26)(H,27,28). The van der Waals surface area contributed by atoms with Crippen molar-refractivity contribution in [1.29, 1.82) is 0 Å². The van der Waals surface area contributed by atoms with Gasteiger partial charge in [-0.15, -0.1) is 0 Å². The normalized spacial score (nSPS) is 12.1. The van der Waals surface area contributed by atoms with Gasteiger partial charge in [0.15, 0.2) is 5.69 Å². The minimum Gasteiger partial charge on any atom is -0.534 e. The highest BCUT2D eigenvalue weighted by Crippen LogP contribution is 2.38. The first-order valence-corrected chi connectivity index (χ1v) is 11.8. The first-order valence-electron chi connectivity index (χ1n) is 9.84. The summed E-state index contributed by atoms with van der Waals surface area (Å²) in [6.45, 7) is 6.66. The third-order valence-electron chi connectivity index (χ3n) is 5.42. The Kier molecular flexibility index (Phi) is 4.95. The molecule has 1 heterocycles. The molecule has 0 atom stereocenters. The van der Waals surface area contributed by atoms with Crippen LogP contribution in [0.4, 0.5) is 0 Å². The lowest BCUT2D eigenvalue weighted by Gasteiger charge is -2.43. The van der Waals surface area contributed by atoms with Crippen molar-refractivity contribution in [1.82, 2.24) is 10.2 Å². The van der Waals surface area contributed by atoms with E-state index in [2.05, 4.69) is 55.2 Å². The molecule has 6 heteroatoms. The molecule has 0 aliphatic heterocycles. The second-order valence-corrected chi connectivity index (χ2v) is 12.6. The van der Waals surface area contributed by atoms with Crippen LogP contribution >= 0.6 is 0 Å². The summed E-state index contributed by atoms with van der Waals surface area (Å²) in [5.41, 5.74) is 0.657. The highest BCUT2D eigenvalue weighted by atomic mass is 28.4. The zero-order valence-electron chi connectivity index (χ0n) is 17.2. The van der Waals surface area contributed by atoms with Crippen LogP contribution in [-0.2, 0) is 0 Å². The highest BCUT2D eigenvalue weighted by Gasteiger charge is 2.52. The Bertz CT molecular complexity index is 1140. The molecule has 1 aromatic heterocycles. The van der Waals surface area contributed by atoms with E-state index in [1.165, 1.54) is 10.4 Å². The molecule has 152 valence electrons. The zero-order chi connectivity index (χ0) is 21.4. The Morgan fingerprint density at radius 1 is 0.933 bits per heavy atom. The van der Waals surface area contributed by atoms with Gasteiger partial charge in [0.05, 0.1) is 5.52 Å². The summed E-state index contributed by atoms with van der Waals surface area (Å²) in [6.07, 6.45) is 0. The van der Waals surface area contributed by atoms with E-state index in [0.717, 1.165) is 0 Å². The predicted molar refractivity (Wildman–Crippen MR) is 121 cm³/mol. The average Bonchev–Trinajstić information content (AvgIpc) is 3.16. The monoisotopic (exact) mass is 416 g/mol. The van der Waals surface area contributed by atoms with E-state index in [1.54, 1.807) is 6.07 Å². The van der Waals surface area contributed by atoms with Gasteiger partial charge in [-0.3, -0.25) is 5.10 Å². The number of carboxylic acid groups (broad SMARTS) is 1. The van der Waals surface area contributed by atoms with Crippen LogP contribution in [0.15, 0.2) is 78.9 Å². The van der Waals surface area contributed by atoms with Gasteiger partial charge >= 0.3 is 14.3 Å². The quantitative estimate of drug-likeness (QED) is 0.478. The van der Waals surface area contributed by atoms with E-state index >= 15 is 0 Å². The minimum atomic E-state index is -2.74. The van der Waals surface area contributed by atoms with Crippen LogP contribution in [0.1, 0.15) is 31.3 Å². The molecule has 4 rings (SSSR count). The Morgan fingerprint density at radius 2 is 1.50 bits per heavy atom. The molecular formula is C24H24N2O3Si. The Labute approximate surface area is 176 Å². The molecule has 0 radical (unpaired) electrons. The summed E-state index contributed by atoms with van der Waals surface area (Å²) >= 11 is 0. The van der Waals surface area contributed by atoms with Crippen molar-refractivity contribution in [3.63, 3.8) is 0 Å². The second kappa shape index (κ2) is 7.46. The summed E-state index contributed by atoms with van der Waals surface area (Å²) < 4.78 is 6.96. The van der Waals surface area contributed by atoms with Crippen LogP contribution in [0.2, 0.25) is 5.04 Å². The van der Waals surface area contributed by atoms with E-state index in [0.29, 0.717) is 16.7 Å². The summed E-state index contributed by atoms with van der Waals surface area (Å²) in [5.74, 6) is -0.362. The number of nitrogens with zero attached hydrogens (tertiary/aromatic N) is 1. The number of H-pyrrole nitrogens is 1. The Morgan fingerprint density at radius 3 is 2.00 bits per heavy atom. The molecule has 2 N–H and O–H groups in total. The van der Waals surface area contributed by atoms with Crippen LogP contribution in [0.25, 0.3) is 10.9 Å². The minimum absolute atomic E-state index is 0.0157. The lowest BCUT2D eigenvalue weighted by Crippen LogP contribution is -2.68. The van der Waals surface area contributed by atoms with Gasteiger partial charge in [0.25, 0.3) is 0 Å². The van der Waals surface area contributed by atoms with Gasteiger partial charge in [0, 0.05) is 11.5 Å². The predicted octanol–water partition coefficient (Wildman–Crippen LogP) is 4.20. The smallest absolute Gasteiger partial charge is 0.357 e. The van der Waals surface area contributed by atoms with E-state index in [-0.39, 0.29) is 10.7 Å². The molecular weight excluding hydrogens is 392 g/mol. The third kappa shape index (κ3) is 3.29. The number of fused-ring (bicyclic) bond motifs is 1. The molecule has 30 heavy (non-hydrogen) atoms. The van der Waals surface area contributed by atoms with Gasteiger partial charge in [-0.2, -0.15) is 5.10 Å². The number of hydrogen-bond acceptors (Lipinski definition) is 3. The number of aromatic amines is 1. The summed E-state index contributed by atoms with van der Waals surface area (Å²) in [4.78, 5) is 11.4. The van der Waals surface area contributed by atoms with Crippen molar-refractivity contribution in [2.24, 2.45) is 0 Å². The number of aromatic carboxylic acids is 1. The van der Waals surface area contributed by atoms with E-state index < -0.39 is 14.3 Å². The van der Waals surface area contributed by atoms with Gasteiger partial charge in [0.2, 0.25) is 0 Å². The molecule has 0 bridgehead atoms. The van der Waals surface area contributed by atoms with E-state index in [1.807, 2.05) is 48.5 Å². The van der Waals surface area contributed by atoms with Crippen molar-refractivity contribution >= 4 is 35.6 Å². The van der Waals surface area contributed by atoms with Crippen molar-refractivity contribution in [3.05, 3.63) is 84.6 Å². The molecule has 4 aromatic rings. The zero-order valence-corrected chi connectivity index (χ0v) is 18.2. The SMILES string of the molecule is CC(C)(C)[Si](Oc1ccc2c(C(=O)O)n[nH]c2c1)(c1ccccc1)c1ccccc1. The molecule has 5 nitrogen and oxygen atoms in total. The number of nitrogens with one attached hydrogen (secondary N) is 1. The first-order chi connectivity index (χ1) is 14.3. The van der Waals surface area contributed by atoms with Crippen molar-refractivity contribution < 1.29 is 14.3 Å². The fraction of sp³-hybridized carbons (Fsp3) is 0.167. The number of hydrogen-bond donors (Lipinski definition) is 2. The third-order valence-corrected chi connectivity index (χ3v) is 10.4. The van der Waals surface area contributed by atoms with Crippen LogP contribution in [0.3, 0.4) is 0 Å².